The molecule has 4 N–H and O–H groups in total. The summed E-state index contributed by atoms with van der Waals surface area (Å²) in [6, 6.07) is 12.6. The number of nitrogens with zero attached hydrogens (tertiary/aromatic N) is 1. The predicted molar refractivity (Wildman–Crippen MR) is 93.0 cm³/mol. The molecule has 0 unspecified atom stereocenters. The average molecular weight is 343 g/mol. The minimum absolute atomic E-state index is 0.402. The summed E-state index contributed by atoms with van der Waals surface area (Å²) in [6.07, 6.45) is 0.896. The maximum Gasteiger partial charge on any atom is 0.274 e. The van der Waals surface area contributed by atoms with E-state index in [1.165, 1.54) is 0 Å². The number of hydrogen-bond donors (Lipinski definition) is 3. The van der Waals surface area contributed by atoms with Crippen molar-refractivity contribution in [3.05, 3.63) is 64.7 Å². The minimum Gasteiger partial charge on any atom is -0.366 e. The van der Waals surface area contributed by atoms with Crippen molar-refractivity contribution in [3.63, 3.8) is 0 Å². The molecule has 2 aromatic rings. The van der Waals surface area contributed by atoms with Crippen molar-refractivity contribution in [1.82, 2.24) is 5.48 Å². The van der Waals surface area contributed by atoms with Crippen LogP contribution in [0.1, 0.15) is 31.8 Å². The lowest BCUT2D eigenvalue weighted by Crippen LogP contribution is -2.22. The fourth-order valence-electron chi connectivity index (χ4n) is 2.64. The highest BCUT2D eigenvalue weighted by Crippen LogP contribution is 2.34. The van der Waals surface area contributed by atoms with Crippen molar-refractivity contribution in [2.24, 2.45) is 5.73 Å². The second-order valence-corrected chi connectivity index (χ2v) is 6.57. The number of carbonyl (C=O) groups excluding carboxylic acids is 2. The Balaban J connectivity index is 1.80. The van der Waals surface area contributed by atoms with Crippen molar-refractivity contribution >= 4 is 29.4 Å². The van der Waals surface area contributed by atoms with Gasteiger partial charge in [-0.2, -0.15) is 0 Å². The van der Waals surface area contributed by atoms with Crippen LogP contribution < -0.4 is 15.5 Å². The Morgan fingerprint density at radius 2 is 1.88 bits per heavy atom. The predicted octanol–water partition coefficient (Wildman–Crippen LogP) is 2.12. The van der Waals surface area contributed by atoms with E-state index < -0.39 is 11.8 Å². The molecule has 3 rings (SSSR count). The Morgan fingerprint density at radius 1 is 1.17 bits per heavy atom. The van der Waals surface area contributed by atoms with Gasteiger partial charge in [0, 0.05) is 16.9 Å². The van der Waals surface area contributed by atoms with Crippen LogP contribution in [-0.4, -0.2) is 22.8 Å². The van der Waals surface area contributed by atoms with Crippen LogP contribution in [-0.2, 0) is 13.0 Å². The van der Waals surface area contributed by atoms with Crippen molar-refractivity contribution in [1.29, 1.82) is 0 Å². The van der Waals surface area contributed by atoms with E-state index in [1.807, 2.05) is 24.3 Å². The van der Waals surface area contributed by atoms with Gasteiger partial charge in [0.2, 0.25) is 5.91 Å². The summed E-state index contributed by atoms with van der Waals surface area (Å²) in [6.45, 7) is 0.675. The highest BCUT2D eigenvalue weighted by Gasteiger charge is 2.19. The minimum atomic E-state index is -0.529. The molecule has 0 saturated heterocycles. The molecule has 0 saturated carbocycles. The largest absolute Gasteiger partial charge is 0.366 e. The summed E-state index contributed by atoms with van der Waals surface area (Å²) in [7, 11) is 0. The van der Waals surface area contributed by atoms with Gasteiger partial charge in [-0.25, -0.2) is 5.48 Å². The van der Waals surface area contributed by atoms with Gasteiger partial charge >= 0.3 is 0 Å². The molecule has 0 radical (unpaired) electrons. The highest BCUT2D eigenvalue weighted by atomic mass is 32.2. The molecule has 6 nitrogen and oxygen atoms in total. The molecule has 1 aliphatic heterocycles. The number of nitrogens with one attached hydrogen (secondary N) is 1. The molecule has 0 aliphatic carbocycles. The Hall–Kier alpha value is -2.51. The normalized spacial score (nSPS) is 13.3. The molecule has 2 aromatic carbocycles. The molecule has 0 fully saturated rings. The first-order valence-electron chi connectivity index (χ1n) is 7.45. The lowest BCUT2D eigenvalue weighted by atomic mass is 10.0. The third-order valence-electron chi connectivity index (χ3n) is 3.90. The van der Waals surface area contributed by atoms with E-state index in [2.05, 4.69) is 4.31 Å². The zero-order valence-electron chi connectivity index (χ0n) is 12.9. The molecule has 0 spiro atoms. The van der Waals surface area contributed by atoms with Crippen LogP contribution in [0.15, 0.2) is 42.5 Å². The summed E-state index contributed by atoms with van der Waals surface area (Å²) < 4.78 is 2.17. The molecular weight excluding hydrogens is 326 g/mol. The zero-order chi connectivity index (χ0) is 17.1. The van der Waals surface area contributed by atoms with E-state index in [-0.39, 0.29) is 0 Å². The van der Waals surface area contributed by atoms with E-state index in [4.69, 9.17) is 10.9 Å². The lowest BCUT2D eigenvalue weighted by Gasteiger charge is -2.30. The number of rotatable bonds is 4. The molecule has 0 atom stereocenters. The number of nitrogens with two attached hydrogens (primary N) is 1. The smallest absolute Gasteiger partial charge is 0.274 e. The first-order chi connectivity index (χ1) is 11.6. The zero-order valence-corrected chi connectivity index (χ0v) is 13.7. The van der Waals surface area contributed by atoms with Gasteiger partial charge in [0.1, 0.15) is 0 Å². The molecular formula is C17H17N3O3S. The van der Waals surface area contributed by atoms with Crippen molar-refractivity contribution < 1.29 is 14.8 Å². The fraction of sp³-hybridized carbons (Fsp3) is 0.176. The van der Waals surface area contributed by atoms with Crippen molar-refractivity contribution in [3.8, 4) is 0 Å². The molecule has 7 heteroatoms. The summed E-state index contributed by atoms with van der Waals surface area (Å²) in [5.41, 5.74) is 11.1. The number of benzene rings is 2. The average Bonchev–Trinajstić information content (AvgIpc) is 2.61. The molecule has 124 valence electrons. The highest BCUT2D eigenvalue weighted by molar-refractivity contribution is 8.00. The Labute approximate surface area is 143 Å². The van der Waals surface area contributed by atoms with E-state index in [0.29, 0.717) is 17.7 Å². The molecule has 1 heterocycles. The van der Waals surface area contributed by atoms with Gasteiger partial charge in [-0.3, -0.25) is 14.8 Å². The second kappa shape index (κ2) is 6.94. The molecule has 24 heavy (non-hydrogen) atoms. The molecule has 2 amide bonds. The van der Waals surface area contributed by atoms with Gasteiger partial charge in [0.25, 0.3) is 5.91 Å². The summed E-state index contributed by atoms with van der Waals surface area (Å²) in [5.74, 6) is -0.0150. The third kappa shape index (κ3) is 3.37. The maximum absolute atomic E-state index is 11.4. The van der Waals surface area contributed by atoms with Crippen LogP contribution >= 0.6 is 11.9 Å². The fourth-order valence-corrected chi connectivity index (χ4v) is 3.73. The first kappa shape index (κ1) is 16.4. The molecule has 0 bridgehead atoms. The van der Waals surface area contributed by atoms with Gasteiger partial charge < -0.3 is 10.0 Å². The van der Waals surface area contributed by atoms with E-state index in [0.717, 1.165) is 29.0 Å². The van der Waals surface area contributed by atoms with Gasteiger partial charge in [0.05, 0.1) is 12.2 Å². The number of primary amides is 1. The van der Waals surface area contributed by atoms with E-state index >= 15 is 0 Å². The quantitative estimate of drug-likeness (QED) is 0.449. The van der Waals surface area contributed by atoms with Crippen molar-refractivity contribution in [2.45, 2.75) is 13.0 Å². The van der Waals surface area contributed by atoms with Crippen LogP contribution in [0.5, 0.6) is 0 Å². The second-order valence-electron chi connectivity index (χ2n) is 5.47. The number of fused-ring (bicyclic) bond motifs is 1. The number of hydroxylamine groups is 1. The third-order valence-corrected chi connectivity index (χ3v) is 4.92. The molecule has 0 aromatic heterocycles. The number of hydrogen-bond acceptors (Lipinski definition) is 5. The van der Waals surface area contributed by atoms with Crippen LogP contribution in [0.3, 0.4) is 0 Å². The standard InChI is InChI=1S/C17H17N3O3S/c18-16(21)14-5-6-15-13(9-14)7-8-24-20(15)10-11-1-3-12(4-2-11)17(22)19-23/h1-6,9,23H,7-8,10H2,(H2,18,21)(H,19,22). The van der Waals surface area contributed by atoms with Crippen LogP contribution in [0, 0.1) is 0 Å². The lowest BCUT2D eigenvalue weighted by molar-refractivity contribution is 0.0706. The maximum atomic E-state index is 11.4. The van der Waals surface area contributed by atoms with Crippen LogP contribution in [0.2, 0.25) is 0 Å². The van der Waals surface area contributed by atoms with Gasteiger partial charge in [-0.05, 0) is 59.8 Å². The van der Waals surface area contributed by atoms with Gasteiger partial charge in [0.15, 0.2) is 0 Å². The summed E-state index contributed by atoms with van der Waals surface area (Å²) >= 11 is 1.73. The Morgan fingerprint density at radius 3 is 2.54 bits per heavy atom. The van der Waals surface area contributed by atoms with E-state index in [1.54, 1.807) is 35.6 Å². The number of amides is 2. The summed E-state index contributed by atoms with van der Waals surface area (Å²) in [4.78, 5) is 22.7. The summed E-state index contributed by atoms with van der Waals surface area (Å²) in [5, 5.41) is 8.65. The monoisotopic (exact) mass is 343 g/mol. The number of aryl methyl sites for hydroxylation is 1. The Kier molecular flexibility index (Phi) is 4.73. The first-order valence-corrected chi connectivity index (χ1v) is 8.39. The van der Waals surface area contributed by atoms with E-state index in [9.17, 15) is 9.59 Å². The van der Waals surface area contributed by atoms with Crippen LogP contribution in [0.4, 0.5) is 5.69 Å². The van der Waals surface area contributed by atoms with Crippen LogP contribution in [0.25, 0.3) is 0 Å². The van der Waals surface area contributed by atoms with Crippen molar-refractivity contribution in [2.75, 3.05) is 10.1 Å². The number of anilines is 1. The topological polar surface area (TPSA) is 95.7 Å². The number of carbonyl (C=O) groups is 2. The SMILES string of the molecule is NC(=O)c1ccc2c(c1)CCSN2Cc1ccc(C(=O)NO)cc1. The van der Waals surface area contributed by atoms with Gasteiger partial charge in [-0.15, -0.1) is 0 Å². The Bertz CT molecular complexity index is 777. The molecule has 1 aliphatic rings. The van der Waals surface area contributed by atoms with Gasteiger partial charge in [-0.1, -0.05) is 12.1 Å².